The molecule has 4 heterocycles. The van der Waals surface area contributed by atoms with Crippen molar-refractivity contribution >= 4 is 104 Å². The van der Waals surface area contributed by atoms with Crippen molar-refractivity contribution in [1.29, 1.82) is 0 Å². The van der Waals surface area contributed by atoms with E-state index in [1.165, 1.54) is 26.9 Å². The Morgan fingerprint density at radius 3 is 1.85 bits per heavy atom. The summed E-state index contributed by atoms with van der Waals surface area (Å²) in [4.78, 5) is 11.3. The van der Waals surface area contributed by atoms with Crippen LogP contribution in [0.15, 0.2) is 207 Å². The number of rotatable bonds is 4. The zero-order chi connectivity index (χ0) is 40.9. The van der Waals surface area contributed by atoms with Gasteiger partial charge >= 0.3 is 0 Å². The van der Waals surface area contributed by atoms with Crippen molar-refractivity contribution in [2.45, 2.75) is 13.3 Å². The van der Waals surface area contributed by atoms with Gasteiger partial charge in [-0.2, -0.15) is 0 Å². The molecule has 5 nitrogen and oxygen atoms in total. The van der Waals surface area contributed by atoms with Crippen molar-refractivity contribution in [2.24, 2.45) is 15.9 Å². The van der Waals surface area contributed by atoms with Gasteiger partial charge in [-0.3, -0.25) is 0 Å². The van der Waals surface area contributed by atoms with Gasteiger partial charge in [0, 0.05) is 55.4 Å². The van der Waals surface area contributed by atoms with Gasteiger partial charge in [-0.25, -0.2) is 9.98 Å². The van der Waals surface area contributed by atoms with E-state index in [1.807, 2.05) is 24.3 Å². The van der Waals surface area contributed by atoms with Gasteiger partial charge in [-0.05, 0) is 94.2 Å². The largest absolute Gasteiger partial charge is 0.456 e. The van der Waals surface area contributed by atoms with Crippen LogP contribution >= 0.6 is 0 Å². The average molecular weight is 796 g/mol. The Hall–Kier alpha value is -8.02. The Labute approximate surface area is 356 Å². The van der Waals surface area contributed by atoms with E-state index < -0.39 is 0 Å². The smallest absolute Gasteiger partial charge is 0.160 e. The lowest BCUT2D eigenvalue weighted by Gasteiger charge is -2.20. The quantitative estimate of drug-likeness (QED) is 0.178. The third-order valence-corrected chi connectivity index (χ3v) is 12.8. The standard InChI is InChI=1S/C57H37N3O2/c1-34-22-26-48(58-57(40-24-23-35-12-2-3-13-36(35)28-40)59-56(34)39-25-27-54-45(30-39)42-17-7-10-20-52(42)61-54)47-32-46-43-18-8-11-21-53(43)62-55(46)33-51(47)60-49-19-9-6-16-41(49)44-29-37-14-4-5-15-38(37)31-50(44)60/h2-21,23-34H,22H2,1H3/b48-26+,58-57-,59-56+. The minimum absolute atomic E-state index is 0.0631. The fourth-order valence-electron chi connectivity index (χ4n) is 9.74. The van der Waals surface area contributed by atoms with Crippen LogP contribution in [0, 0.1) is 5.92 Å². The molecule has 0 radical (unpaired) electrons. The maximum Gasteiger partial charge on any atom is 0.160 e. The number of amidine groups is 1. The molecular formula is C57H37N3O2. The van der Waals surface area contributed by atoms with Crippen molar-refractivity contribution in [3.05, 3.63) is 205 Å². The second-order valence-corrected chi connectivity index (χ2v) is 16.6. The molecule has 3 aromatic heterocycles. The summed E-state index contributed by atoms with van der Waals surface area (Å²) in [7, 11) is 0. The Balaban J connectivity index is 1.09. The molecule has 1 unspecified atom stereocenters. The van der Waals surface area contributed by atoms with E-state index in [1.54, 1.807) is 0 Å². The molecule has 1 aliphatic heterocycles. The molecule has 0 aliphatic carbocycles. The molecule has 0 amide bonds. The number of fused-ring (bicyclic) bond motifs is 11. The van der Waals surface area contributed by atoms with Gasteiger partial charge in [0.05, 0.1) is 28.1 Å². The number of hydrogen-bond acceptors (Lipinski definition) is 4. The van der Waals surface area contributed by atoms with Crippen molar-refractivity contribution in [3.8, 4) is 5.69 Å². The maximum absolute atomic E-state index is 6.64. The number of aliphatic imine (C=N–C) groups is 2. The van der Waals surface area contributed by atoms with E-state index in [0.29, 0.717) is 5.84 Å². The number of allylic oxidation sites excluding steroid dienone is 1. The minimum Gasteiger partial charge on any atom is -0.456 e. The summed E-state index contributed by atoms with van der Waals surface area (Å²) >= 11 is 0. The molecular weight excluding hydrogens is 759 g/mol. The summed E-state index contributed by atoms with van der Waals surface area (Å²) < 4.78 is 15.3. The highest BCUT2D eigenvalue weighted by Gasteiger charge is 2.24. The predicted octanol–water partition coefficient (Wildman–Crippen LogP) is 15.2. The summed E-state index contributed by atoms with van der Waals surface area (Å²) in [5, 5.41) is 11.4. The van der Waals surface area contributed by atoms with Crippen LogP contribution in [0.4, 0.5) is 0 Å². The molecule has 13 rings (SSSR count). The van der Waals surface area contributed by atoms with Gasteiger partial charge in [0.15, 0.2) is 5.84 Å². The number of benzene rings is 9. The molecule has 12 aromatic rings. The fraction of sp³-hybridized carbons (Fsp3) is 0.0526. The monoisotopic (exact) mass is 795 g/mol. The van der Waals surface area contributed by atoms with Crippen molar-refractivity contribution in [1.82, 2.24) is 4.57 Å². The van der Waals surface area contributed by atoms with Crippen molar-refractivity contribution < 1.29 is 8.83 Å². The van der Waals surface area contributed by atoms with Crippen LogP contribution in [0.2, 0.25) is 0 Å². The topological polar surface area (TPSA) is 55.9 Å². The molecule has 0 bridgehead atoms. The molecule has 9 aromatic carbocycles. The first-order valence-corrected chi connectivity index (χ1v) is 21.3. The Bertz CT molecular complexity index is 3930. The second-order valence-electron chi connectivity index (χ2n) is 16.6. The van der Waals surface area contributed by atoms with Gasteiger partial charge in [0.2, 0.25) is 0 Å². The number of hydrogen-bond donors (Lipinski definition) is 0. The third kappa shape index (κ3) is 5.41. The van der Waals surface area contributed by atoms with E-state index in [4.69, 9.17) is 18.8 Å². The van der Waals surface area contributed by atoms with E-state index in [0.717, 1.165) is 101 Å². The van der Waals surface area contributed by atoms with E-state index >= 15 is 0 Å². The van der Waals surface area contributed by atoms with Crippen LogP contribution in [-0.2, 0) is 0 Å². The summed E-state index contributed by atoms with van der Waals surface area (Å²) in [6.45, 7) is 2.28. The van der Waals surface area contributed by atoms with Gasteiger partial charge in [0.1, 0.15) is 22.3 Å². The highest BCUT2D eigenvalue weighted by molar-refractivity contribution is 6.19. The normalized spacial score (nSPS) is 17.4. The van der Waals surface area contributed by atoms with E-state index in [2.05, 4.69) is 175 Å². The van der Waals surface area contributed by atoms with Gasteiger partial charge < -0.3 is 13.4 Å². The van der Waals surface area contributed by atoms with Crippen LogP contribution in [0.3, 0.4) is 0 Å². The fourth-order valence-corrected chi connectivity index (χ4v) is 9.74. The van der Waals surface area contributed by atoms with Crippen molar-refractivity contribution in [2.75, 3.05) is 0 Å². The summed E-state index contributed by atoms with van der Waals surface area (Å²) in [6.07, 6.45) is 3.05. The minimum atomic E-state index is 0.0631. The molecule has 0 spiro atoms. The van der Waals surface area contributed by atoms with Crippen LogP contribution in [0.5, 0.6) is 0 Å². The SMILES string of the molecule is CC1C/C=C(c2cc3c(cc2-n2c4ccccc4c4cc5ccccc5cc42)oc2ccccc23)/N=C(c2ccc3ccccc3c2)\N=C/1c1ccc2oc3ccccc3c2c1. The Kier molecular flexibility index (Phi) is 7.58. The lowest BCUT2D eigenvalue weighted by molar-refractivity contribution is 0.668. The molecule has 1 aliphatic rings. The number of aromatic nitrogens is 1. The summed E-state index contributed by atoms with van der Waals surface area (Å²) in [6, 6.07) is 64.5. The first kappa shape index (κ1) is 34.8. The molecule has 0 fully saturated rings. The number of nitrogens with zero attached hydrogens (tertiary/aromatic N) is 3. The van der Waals surface area contributed by atoms with Gasteiger partial charge in [0.25, 0.3) is 0 Å². The molecule has 0 N–H and O–H groups in total. The average Bonchev–Trinajstić information content (AvgIpc) is 3.98. The van der Waals surface area contributed by atoms with Crippen LogP contribution < -0.4 is 0 Å². The lowest BCUT2D eigenvalue weighted by atomic mass is 9.92. The first-order valence-electron chi connectivity index (χ1n) is 21.3. The highest BCUT2D eigenvalue weighted by atomic mass is 16.3. The third-order valence-electron chi connectivity index (χ3n) is 12.8. The summed E-state index contributed by atoms with van der Waals surface area (Å²) in [5.74, 6) is 0.727. The van der Waals surface area contributed by atoms with Crippen LogP contribution in [0.25, 0.3) is 98.6 Å². The summed E-state index contributed by atoms with van der Waals surface area (Å²) in [5.41, 5.74) is 11.6. The van der Waals surface area contributed by atoms with Gasteiger partial charge in [-0.1, -0.05) is 128 Å². The zero-order valence-corrected chi connectivity index (χ0v) is 33.8. The Morgan fingerprint density at radius 1 is 0.452 bits per heavy atom. The van der Waals surface area contributed by atoms with Crippen molar-refractivity contribution in [3.63, 3.8) is 0 Å². The molecule has 292 valence electrons. The zero-order valence-electron chi connectivity index (χ0n) is 33.8. The molecule has 0 saturated carbocycles. The Morgan fingerprint density at radius 2 is 1.06 bits per heavy atom. The first-order chi connectivity index (χ1) is 30.6. The van der Waals surface area contributed by atoms with Gasteiger partial charge in [-0.15, -0.1) is 0 Å². The maximum atomic E-state index is 6.64. The van der Waals surface area contributed by atoms with E-state index in [9.17, 15) is 0 Å². The molecule has 0 saturated heterocycles. The molecule has 1 atom stereocenters. The highest BCUT2D eigenvalue weighted by Crippen LogP contribution is 2.42. The molecule has 5 heteroatoms. The lowest BCUT2D eigenvalue weighted by Crippen LogP contribution is -2.17. The van der Waals surface area contributed by atoms with E-state index in [-0.39, 0.29) is 5.92 Å². The second kappa shape index (κ2) is 13.5. The van der Waals surface area contributed by atoms with Crippen LogP contribution in [-0.4, -0.2) is 16.1 Å². The predicted molar refractivity (Wildman–Crippen MR) is 258 cm³/mol. The number of furan rings is 2. The van der Waals surface area contributed by atoms with Crippen LogP contribution in [0.1, 0.15) is 30.0 Å². The number of para-hydroxylation sites is 3. The molecule has 62 heavy (non-hydrogen) atoms.